The number of rotatable bonds is 9. The Balaban J connectivity index is 0.000000393. The van der Waals surface area contributed by atoms with Gasteiger partial charge in [-0.2, -0.15) is 26.3 Å². The monoisotopic (exact) mass is 914 g/mol. The normalized spacial score (nSPS) is 13.5. The van der Waals surface area contributed by atoms with Gasteiger partial charge in [0.2, 0.25) is 0 Å². The van der Waals surface area contributed by atoms with Gasteiger partial charge in [-0.1, -0.05) is 109 Å². The van der Waals surface area contributed by atoms with E-state index in [1.807, 2.05) is 0 Å². The third-order valence-electron chi connectivity index (χ3n) is 8.63. The van der Waals surface area contributed by atoms with Crippen molar-refractivity contribution < 1.29 is 52.3 Å². The summed E-state index contributed by atoms with van der Waals surface area (Å²) >= 11 is 0. The zero-order valence-electron chi connectivity index (χ0n) is 30.6. The summed E-state index contributed by atoms with van der Waals surface area (Å²) in [6.45, 7) is 1.21. The fourth-order valence-electron chi connectivity index (χ4n) is 6.15. The Morgan fingerprint density at radius 1 is 0.362 bits per heavy atom. The number of hydrogen-bond acceptors (Lipinski definition) is 6. The summed E-state index contributed by atoms with van der Waals surface area (Å²) in [5, 5.41) is 8.90. The molecule has 6 rings (SSSR count). The summed E-state index contributed by atoms with van der Waals surface area (Å²) in [5.74, 6) is 0. The van der Waals surface area contributed by atoms with Crippen molar-refractivity contribution in [3.8, 4) is 0 Å². The lowest BCUT2D eigenvalue weighted by atomic mass is 10.4. The van der Waals surface area contributed by atoms with Crippen molar-refractivity contribution in [3.63, 3.8) is 0 Å². The second kappa shape index (κ2) is 19.7. The van der Waals surface area contributed by atoms with Gasteiger partial charge in [0.05, 0.1) is 0 Å². The fourth-order valence-corrected chi connectivity index (χ4v) is 44.1. The van der Waals surface area contributed by atoms with Crippen LogP contribution in [0.1, 0.15) is 0 Å². The first-order valence-electron chi connectivity index (χ1n) is 16.8. The fraction of sp³-hybridized carbons (Fsp3) is 0.100. The first-order chi connectivity index (χ1) is 27.2. The molecule has 0 N–H and O–H groups in total. The molecule has 58 heavy (non-hydrogen) atoms. The Bertz CT molecular complexity index is 2040. The second-order valence-corrected chi connectivity index (χ2v) is 35.1. The van der Waals surface area contributed by atoms with Crippen molar-refractivity contribution >= 4 is 80.6 Å². The molecule has 0 radical (unpaired) electrons. The molecule has 0 aliphatic heterocycles. The number of hydrogen-bond donors (Lipinski definition) is 0. The summed E-state index contributed by atoms with van der Waals surface area (Å²) in [4.78, 5) is 0. The van der Waals surface area contributed by atoms with E-state index in [1.54, 1.807) is 0 Å². The van der Waals surface area contributed by atoms with E-state index >= 15 is 0 Å². The van der Waals surface area contributed by atoms with Gasteiger partial charge in [-0.05, 0) is 86.1 Å². The molecule has 18 heteroatoms. The Labute approximate surface area is 337 Å². The van der Waals surface area contributed by atoms with Crippen LogP contribution in [0.15, 0.2) is 182 Å². The van der Waals surface area contributed by atoms with Crippen molar-refractivity contribution in [3.05, 3.63) is 182 Å². The van der Waals surface area contributed by atoms with Crippen molar-refractivity contribution in [1.29, 1.82) is 0 Å². The number of halogens is 6. The molecule has 6 nitrogen and oxygen atoms in total. The highest BCUT2D eigenvalue weighted by Crippen LogP contribution is 3.03. The van der Waals surface area contributed by atoms with Crippen LogP contribution < -0.4 is 31.8 Å². The van der Waals surface area contributed by atoms with Gasteiger partial charge >= 0.3 is 11.0 Å². The molecule has 0 spiro atoms. The Morgan fingerprint density at radius 2 is 0.483 bits per heavy atom. The summed E-state index contributed by atoms with van der Waals surface area (Å²) < 4.78 is 118. The smallest absolute Gasteiger partial charge is 0.485 e. The number of benzene rings is 6. The largest absolute Gasteiger partial charge is 0.741 e. The lowest BCUT2D eigenvalue weighted by Crippen LogP contribution is -2.32. The molecule has 0 fully saturated rings. The highest BCUT2D eigenvalue weighted by Gasteiger charge is 2.63. The summed E-state index contributed by atoms with van der Waals surface area (Å²) in [7, 11) is -13.3. The van der Waals surface area contributed by atoms with E-state index in [1.165, 1.54) is 31.8 Å². The van der Waals surface area contributed by atoms with E-state index in [-0.39, 0.29) is 0 Å². The average molecular weight is 915 g/mol. The molecular weight excluding hydrogens is 878 g/mol. The molecule has 0 aliphatic rings. The zero-order chi connectivity index (χ0) is 42.8. The van der Waals surface area contributed by atoms with Gasteiger partial charge < -0.3 is 9.11 Å². The van der Waals surface area contributed by atoms with Gasteiger partial charge in [-0.15, -0.1) is 0 Å². The van der Waals surface area contributed by atoms with Gasteiger partial charge in [0.1, 0.15) is 60.3 Å². The third-order valence-corrected chi connectivity index (χ3v) is 41.4. The molecule has 0 aromatic heterocycles. The minimum Gasteiger partial charge on any atom is -0.741 e. The molecule has 0 heterocycles. The average Bonchev–Trinajstić information content (AvgIpc) is 3.20. The Kier molecular flexibility index (Phi) is 16.0. The Hall–Kier alpha value is -3.56. The van der Waals surface area contributed by atoms with E-state index in [9.17, 15) is 26.3 Å². The first-order valence-corrected chi connectivity index (χ1v) is 28.9. The van der Waals surface area contributed by atoms with E-state index in [0.29, 0.717) is 0 Å². The minimum absolute atomic E-state index is 0.552. The van der Waals surface area contributed by atoms with E-state index in [0.717, 1.165) is 0 Å². The van der Waals surface area contributed by atoms with Crippen molar-refractivity contribution in [1.82, 2.24) is 0 Å². The molecule has 6 aromatic rings. The predicted molar refractivity (Wildman–Crippen MR) is 227 cm³/mol. The first kappa shape index (κ1) is 47.1. The molecule has 0 saturated carbocycles. The van der Waals surface area contributed by atoms with Crippen molar-refractivity contribution in [2.24, 2.45) is 0 Å². The van der Waals surface area contributed by atoms with Crippen LogP contribution in [0.25, 0.3) is 0 Å². The molecule has 0 amide bonds. The predicted octanol–water partition coefficient (Wildman–Crippen LogP) is 9.05. The maximum atomic E-state index is 10.7. The van der Waals surface area contributed by atoms with E-state index in [4.69, 9.17) is 25.9 Å². The molecule has 306 valence electrons. The lowest BCUT2D eigenvalue weighted by molar-refractivity contribution is -0.0522. The summed E-state index contributed by atoms with van der Waals surface area (Å²) in [5.41, 5.74) is -11.3. The summed E-state index contributed by atoms with van der Waals surface area (Å²) in [6, 6.07) is 68.7. The zero-order valence-corrected chi connectivity index (χ0v) is 35.9. The van der Waals surface area contributed by atoms with Crippen LogP contribution in [0.5, 0.6) is 0 Å². The number of alkyl halides is 6. The van der Waals surface area contributed by atoms with Crippen LogP contribution in [0, 0.1) is 0 Å². The van der Waals surface area contributed by atoms with Gasteiger partial charge in [0, 0.05) is 0 Å². The van der Waals surface area contributed by atoms with Gasteiger partial charge in [-0.25, -0.2) is 16.8 Å². The molecule has 0 bridgehead atoms. The van der Waals surface area contributed by atoms with Crippen LogP contribution in [-0.4, -0.2) is 50.3 Å². The topological polar surface area (TPSA) is 114 Å². The summed E-state index contributed by atoms with van der Waals surface area (Å²) in [6.07, 6.45) is 0. The van der Waals surface area contributed by atoms with E-state index < -0.39 is 59.8 Å². The maximum Gasteiger partial charge on any atom is 0.485 e. The quantitative estimate of drug-likeness (QED) is 0.0620. The van der Waals surface area contributed by atoms with Gasteiger partial charge in [-0.3, -0.25) is 0 Å². The van der Waals surface area contributed by atoms with Crippen LogP contribution in [0.4, 0.5) is 26.3 Å². The molecule has 0 unspecified atom stereocenters. The van der Waals surface area contributed by atoms with Crippen LogP contribution in [0.2, 0.25) is 0 Å². The third kappa shape index (κ3) is 10.6. The molecule has 6 aromatic carbocycles. The molecule has 0 aliphatic carbocycles. The Morgan fingerprint density at radius 3 is 0.586 bits per heavy atom. The van der Waals surface area contributed by atoms with Crippen molar-refractivity contribution in [2.45, 2.75) is 11.0 Å². The van der Waals surface area contributed by atoms with Gasteiger partial charge in [0.15, 0.2) is 20.2 Å². The van der Waals surface area contributed by atoms with Gasteiger partial charge in [0.25, 0.3) is 0 Å². The van der Waals surface area contributed by atoms with Crippen LogP contribution >= 0.6 is 28.5 Å². The van der Waals surface area contributed by atoms with Crippen LogP contribution in [0.3, 0.4) is 0 Å². The maximum absolute atomic E-state index is 10.7. The minimum atomic E-state index is -6.09. The second-order valence-electron chi connectivity index (χ2n) is 12.1. The SMILES string of the molecule is C[P@]([P@@](C)[P+](c1ccccc1)(c1ccccc1)c1ccccc1)[P+](c1ccccc1)(c1ccccc1)c1ccccc1.O=S(=O)([O-])C(F)(F)F.O=S(=O)([O-])C(F)(F)F. The van der Waals surface area contributed by atoms with Crippen molar-refractivity contribution in [2.75, 3.05) is 13.3 Å². The lowest BCUT2D eigenvalue weighted by Gasteiger charge is -2.39. The molecular formula is C40H36F6O6P4S2. The van der Waals surface area contributed by atoms with Crippen LogP contribution in [-0.2, 0) is 20.2 Å². The molecule has 0 saturated heterocycles. The standard InChI is InChI=1S/C38H36P4.2CHF3O3S/c1-39(41(33-21-9-3-10-22-33,34-23-11-4-12-24-34)35-25-13-5-14-26-35)40(2)42(36-27-15-6-16-28-36,37-29-17-7-18-30-37)38-31-19-8-20-32-38;2*2-1(3,4)8(5,6)7/h3-32H,1-2H3;2*(H,5,6,7)/q+2;;/p-2/t39-,40-;;/m1../s1. The molecule has 2 atom stereocenters. The highest BCUT2D eigenvalue weighted by molar-refractivity contribution is 8.87. The van der Waals surface area contributed by atoms with E-state index in [2.05, 4.69) is 195 Å². The highest BCUT2D eigenvalue weighted by atomic mass is 32.7.